The highest BCUT2D eigenvalue weighted by Crippen LogP contribution is 2.44. The smallest absolute Gasteiger partial charge is 0.245 e. The van der Waals surface area contributed by atoms with Crippen molar-refractivity contribution in [3.05, 3.63) is 56.7 Å². The Morgan fingerprint density at radius 1 is 1.19 bits per heavy atom. The van der Waals surface area contributed by atoms with Gasteiger partial charge in [-0.15, -0.1) is 11.3 Å². The van der Waals surface area contributed by atoms with Gasteiger partial charge < -0.3 is 4.74 Å². The summed E-state index contributed by atoms with van der Waals surface area (Å²) < 4.78 is 59.7. The first-order valence-corrected chi connectivity index (χ1v) is 16.5. The maximum atomic E-state index is 13.7. The number of halogens is 1. The summed E-state index contributed by atoms with van der Waals surface area (Å²) in [5.74, 6) is -1.21. The number of sulfonamides is 1. The van der Waals surface area contributed by atoms with E-state index in [1.807, 2.05) is 0 Å². The number of hydroxylamine groups is 1. The van der Waals surface area contributed by atoms with Crippen LogP contribution in [0.3, 0.4) is 0 Å². The predicted octanol–water partition coefficient (Wildman–Crippen LogP) is 3.32. The number of hydrogen-bond donors (Lipinski definition) is 1. The zero-order valence-electron chi connectivity index (χ0n) is 19.6. The number of carbonyl (C=O) groups excluding carboxylic acids is 1. The monoisotopic (exact) mass is 620 g/mol. The normalized spacial score (nSPS) is 25.2. The fraction of sp³-hybridized carbons (Fsp3) is 0.522. The van der Waals surface area contributed by atoms with Crippen LogP contribution in [0.2, 0.25) is 0 Å². The molecular formula is C23H29BrN2O7S3. The number of amides is 1. The number of nitrogens with zero attached hydrogens (tertiary/aromatic N) is 1. The summed E-state index contributed by atoms with van der Waals surface area (Å²) in [5.41, 5.74) is 2.99. The van der Waals surface area contributed by atoms with Gasteiger partial charge in [0.1, 0.15) is 4.75 Å². The zero-order chi connectivity index (χ0) is 25.8. The summed E-state index contributed by atoms with van der Waals surface area (Å²) in [6, 6.07) is 12.2. The number of carbonyl (C=O) groups is 1. The summed E-state index contributed by atoms with van der Waals surface area (Å²) in [5, 5.41) is 0. The molecule has 2 saturated heterocycles. The number of thiophene rings is 1. The van der Waals surface area contributed by atoms with Gasteiger partial charge >= 0.3 is 0 Å². The molecule has 2 unspecified atom stereocenters. The summed E-state index contributed by atoms with van der Waals surface area (Å²) >= 11 is 4.61. The van der Waals surface area contributed by atoms with Crippen LogP contribution >= 0.6 is 27.3 Å². The van der Waals surface area contributed by atoms with Crippen molar-refractivity contribution in [1.29, 1.82) is 0 Å². The summed E-state index contributed by atoms with van der Waals surface area (Å²) in [6.07, 6.45) is 1.46. The quantitative estimate of drug-likeness (QED) is 0.450. The molecule has 1 aromatic heterocycles. The van der Waals surface area contributed by atoms with E-state index in [9.17, 15) is 21.6 Å². The van der Waals surface area contributed by atoms with E-state index in [2.05, 4.69) is 21.4 Å². The van der Waals surface area contributed by atoms with Gasteiger partial charge in [-0.05, 0) is 52.9 Å². The van der Waals surface area contributed by atoms with Crippen LogP contribution in [0, 0.1) is 0 Å². The van der Waals surface area contributed by atoms with Crippen molar-refractivity contribution < 1.29 is 31.2 Å². The van der Waals surface area contributed by atoms with Crippen LogP contribution < -0.4 is 5.48 Å². The average Bonchev–Trinajstić information content (AvgIpc) is 3.23. The van der Waals surface area contributed by atoms with Crippen LogP contribution in [-0.2, 0) is 44.7 Å². The number of sulfone groups is 1. The highest BCUT2D eigenvalue weighted by atomic mass is 79.9. The molecule has 2 aliphatic heterocycles. The number of benzene rings is 1. The van der Waals surface area contributed by atoms with Gasteiger partial charge in [0, 0.05) is 31.0 Å². The van der Waals surface area contributed by atoms with Crippen molar-refractivity contribution in [2.45, 2.75) is 48.9 Å². The topological polar surface area (TPSA) is 119 Å². The Morgan fingerprint density at radius 3 is 2.64 bits per heavy atom. The van der Waals surface area contributed by atoms with E-state index in [1.165, 1.54) is 15.6 Å². The molecule has 36 heavy (non-hydrogen) atoms. The molecule has 0 radical (unpaired) electrons. The molecule has 2 aromatic rings. The maximum Gasteiger partial charge on any atom is 0.245 e. The minimum atomic E-state index is -3.93. The fourth-order valence-electron chi connectivity index (χ4n) is 4.50. The molecule has 2 fully saturated rings. The molecule has 0 saturated carbocycles. The molecule has 2 aliphatic rings. The van der Waals surface area contributed by atoms with Crippen molar-refractivity contribution in [3.8, 4) is 0 Å². The number of hydrogen-bond acceptors (Lipinski definition) is 8. The SMILES string of the molecule is O=C(CC1(c2ccc(Br)s2)CCN(S(=O)(=O)Cc2ccccc2)CCS1(=O)=O)NOC1CCCCO1. The predicted molar refractivity (Wildman–Crippen MR) is 140 cm³/mol. The zero-order valence-corrected chi connectivity index (χ0v) is 23.6. The Hall–Kier alpha value is -1.35. The second-order valence-electron chi connectivity index (χ2n) is 8.92. The first-order chi connectivity index (χ1) is 17.1. The first-order valence-electron chi connectivity index (χ1n) is 11.7. The van der Waals surface area contributed by atoms with Gasteiger partial charge in [-0.2, -0.15) is 0 Å². The molecule has 1 N–H and O–H groups in total. The van der Waals surface area contributed by atoms with Crippen molar-refractivity contribution in [2.75, 3.05) is 25.4 Å². The van der Waals surface area contributed by atoms with Crippen molar-refractivity contribution >= 4 is 53.0 Å². The molecule has 9 nitrogen and oxygen atoms in total. The Morgan fingerprint density at radius 2 is 1.97 bits per heavy atom. The second kappa shape index (κ2) is 11.6. The standard InChI is InChI=1S/C23H29BrN2O7S3/c24-20-10-9-19(34-20)23(16-21(27)25-33-22-8-4-5-14-32-22)11-12-26(13-15-35(23,28)29)36(30,31)17-18-6-2-1-3-7-18/h1-3,6-7,9-10,22H,4-5,8,11-17H2,(H,25,27). The molecule has 3 heterocycles. The van der Waals surface area contributed by atoms with E-state index in [0.717, 1.165) is 16.6 Å². The Labute approximate surface area is 224 Å². The van der Waals surface area contributed by atoms with E-state index in [0.29, 0.717) is 23.5 Å². The highest BCUT2D eigenvalue weighted by molar-refractivity contribution is 9.11. The van der Waals surface area contributed by atoms with E-state index < -0.39 is 42.6 Å². The average molecular weight is 622 g/mol. The van der Waals surface area contributed by atoms with E-state index in [-0.39, 0.29) is 31.7 Å². The lowest BCUT2D eigenvalue weighted by molar-refractivity contribution is -0.200. The lowest BCUT2D eigenvalue weighted by atomic mass is 9.97. The molecule has 1 amide bonds. The lowest BCUT2D eigenvalue weighted by Crippen LogP contribution is -2.43. The Kier molecular flexibility index (Phi) is 8.91. The second-order valence-corrected chi connectivity index (χ2v) is 15.8. The van der Waals surface area contributed by atoms with Crippen LogP contribution in [0.1, 0.15) is 42.5 Å². The third kappa shape index (κ3) is 6.37. The summed E-state index contributed by atoms with van der Waals surface area (Å²) in [7, 11) is -7.70. The van der Waals surface area contributed by atoms with Crippen LogP contribution in [0.15, 0.2) is 46.3 Å². The van der Waals surface area contributed by atoms with Crippen molar-refractivity contribution in [1.82, 2.24) is 9.79 Å². The lowest BCUT2D eigenvalue weighted by Gasteiger charge is -2.31. The first kappa shape index (κ1) is 27.7. The largest absolute Gasteiger partial charge is 0.350 e. The molecule has 0 bridgehead atoms. The van der Waals surface area contributed by atoms with Crippen LogP contribution in [0.5, 0.6) is 0 Å². The maximum absolute atomic E-state index is 13.7. The van der Waals surface area contributed by atoms with E-state index >= 15 is 0 Å². The van der Waals surface area contributed by atoms with Gasteiger partial charge in [0.2, 0.25) is 15.9 Å². The molecule has 198 valence electrons. The van der Waals surface area contributed by atoms with Crippen LogP contribution in [0.4, 0.5) is 0 Å². The minimum absolute atomic E-state index is 0.0240. The van der Waals surface area contributed by atoms with Gasteiger partial charge in [0.15, 0.2) is 16.1 Å². The van der Waals surface area contributed by atoms with E-state index in [4.69, 9.17) is 9.57 Å². The number of nitrogens with one attached hydrogen (secondary N) is 1. The van der Waals surface area contributed by atoms with Gasteiger partial charge in [0.25, 0.3) is 0 Å². The summed E-state index contributed by atoms with van der Waals surface area (Å²) in [4.78, 5) is 18.8. The van der Waals surface area contributed by atoms with Crippen molar-refractivity contribution in [3.63, 3.8) is 0 Å². The molecule has 0 aliphatic carbocycles. The molecule has 1 aromatic carbocycles. The molecule has 13 heteroatoms. The molecule has 2 atom stereocenters. The minimum Gasteiger partial charge on any atom is -0.350 e. The van der Waals surface area contributed by atoms with Gasteiger partial charge in [0.05, 0.1) is 21.7 Å². The number of ether oxygens (including phenoxy) is 1. The fourth-order valence-corrected chi connectivity index (χ4v) is 10.1. The Bertz CT molecular complexity index is 1260. The molecular weight excluding hydrogens is 592 g/mol. The van der Waals surface area contributed by atoms with Crippen LogP contribution in [-0.4, -0.2) is 58.8 Å². The molecule has 4 rings (SSSR count). The van der Waals surface area contributed by atoms with E-state index in [1.54, 1.807) is 42.5 Å². The van der Waals surface area contributed by atoms with Crippen LogP contribution in [0.25, 0.3) is 0 Å². The molecule has 0 spiro atoms. The highest BCUT2D eigenvalue weighted by Gasteiger charge is 2.50. The third-order valence-corrected chi connectivity index (χ3v) is 12.8. The van der Waals surface area contributed by atoms with Gasteiger partial charge in [-0.25, -0.2) is 31.5 Å². The Balaban J connectivity index is 1.57. The van der Waals surface area contributed by atoms with Gasteiger partial charge in [-0.3, -0.25) is 4.79 Å². The van der Waals surface area contributed by atoms with Gasteiger partial charge in [-0.1, -0.05) is 30.3 Å². The number of rotatable bonds is 8. The van der Waals surface area contributed by atoms with Crippen molar-refractivity contribution in [2.24, 2.45) is 0 Å². The third-order valence-electron chi connectivity index (χ3n) is 6.47. The summed E-state index contributed by atoms with van der Waals surface area (Å²) in [6.45, 7) is 0.346.